The lowest BCUT2D eigenvalue weighted by molar-refractivity contribution is 0.0894. The van der Waals surface area contributed by atoms with E-state index in [0.717, 1.165) is 12.6 Å². The summed E-state index contributed by atoms with van der Waals surface area (Å²) >= 11 is 0. The molecule has 17 heavy (non-hydrogen) atoms. The minimum absolute atomic E-state index is 0.599. The first-order chi connectivity index (χ1) is 8.26. The van der Waals surface area contributed by atoms with Crippen LogP contribution in [0.1, 0.15) is 58.8 Å². The van der Waals surface area contributed by atoms with E-state index in [2.05, 4.69) is 24.1 Å². The molecule has 0 aromatic heterocycles. The van der Waals surface area contributed by atoms with Gasteiger partial charge in [0.25, 0.3) is 0 Å². The summed E-state index contributed by atoms with van der Waals surface area (Å²) in [7, 11) is 0. The molecule has 100 valence electrons. The number of nitrogens with zero attached hydrogens (tertiary/aromatic N) is 1. The molecule has 0 aromatic carbocycles. The average Bonchev–Trinajstić information content (AvgIpc) is 2.79. The summed E-state index contributed by atoms with van der Waals surface area (Å²) in [5.41, 5.74) is 0.599. The largest absolute Gasteiger partial charge is 0.316 e. The van der Waals surface area contributed by atoms with E-state index in [0.29, 0.717) is 5.41 Å². The lowest BCUT2D eigenvalue weighted by Crippen LogP contribution is -2.47. The highest BCUT2D eigenvalue weighted by Crippen LogP contribution is 2.39. The quantitative estimate of drug-likeness (QED) is 0.792. The minimum Gasteiger partial charge on any atom is -0.316 e. The van der Waals surface area contributed by atoms with E-state index >= 15 is 0 Å². The molecule has 2 fully saturated rings. The molecule has 1 aliphatic heterocycles. The zero-order valence-corrected chi connectivity index (χ0v) is 11.8. The van der Waals surface area contributed by atoms with Gasteiger partial charge in [0.15, 0.2) is 0 Å². The van der Waals surface area contributed by atoms with E-state index in [-0.39, 0.29) is 0 Å². The van der Waals surface area contributed by atoms with Crippen molar-refractivity contribution in [1.82, 2.24) is 10.2 Å². The van der Waals surface area contributed by atoms with Gasteiger partial charge in [0, 0.05) is 19.1 Å². The fraction of sp³-hybridized carbons (Fsp3) is 1.00. The Kier molecular flexibility index (Phi) is 4.87. The van der Waals surface area contributed by atoms with Gasteiger partial charge in [-0.25, -0.2) is 0 Å². The van der Waals surface area contributed by atoms with Crippen LogP contribution in [0.25, 0.3) is 0 Å². The second-order valence-corrected chi connectivity index (χ2v) is 6.30. The van der Waals surface area contributed by atoms with Crippen molar-refractivity contribution >= 4 is 0 Å². The summed E-state index contributed by atoms with van der Waals surface area (Å²) in [6.45, 7) is 9.71. The molecule has 2 rings (SSSR count). The molecule has 1 atom stereocenters. The molecule has 1 aliphatic carbocycles. The van der Waals surface area contributed by atoms with Crippen molar-refractivity contribution in [1.29, 1.82) is 0 Å². The maximum atomic E-state index is 3.61. The Hall–Kier alpha value is -0.0800. The molecule has 2 aliphatic rings. The van der Waals surface area contributed by atoms with E-state index in [1.807, 2.05) is 0 Å². The summed E-state index contributed by atoms with van der Waals surface area (Å²) in [5.74, 6) is 0. The Balaban J connectivity index is 1.91. The van der Waals surface area contributed by atoms with Crippen LogP contribution in [0.3, 0.4) is 0 Å². The Morgan fingerprint density at radius 1 is 1.18 bits per heavy atom. The fourth-order valence-electron chi connectivity index (χ4n) is 3.73. The summed E-state index contributed by atoms with van der Waals surface area (Å²) < 4.78 is 0. The number of piperidine rings is 1. The third kappa shape index (κ3) is 3.45. The van der Waals surface area contributed by atoms with E-state index < -0.39 is 0 Å². The Bertz CT molecular complexity index is 221. The Morgan fingerprint density at radius 3 is 2.59 bits per heavy atom. The van der Waals surface area contributed by atoms with E-state index in [4.69, 9.17) is 0 Å². The summed E-state index contributed by atoms with van der Waals surface area (Å²) in [5, 5.41) is 3.61. The van der Waals surface area contributed by atoms with Crippen molar-refractivity contribution in [2.75, 3.05) is 26.2 Å². The zero-order valence-electron chi connectivity index (χ0n) is 11.8. The van der Waals surface area contributed by atoms with Crippen molar-refractivity contribution in [3.8, 4) is 0 Å². The highest BCUT2D eigenvalue weighted by molar-refractivity contribution is 4.91. The molecule has 0 bridgehead atoms. The van der Waals surface area contributed by atoms with Crippen LogP contribution in [0.4, 0.5) is 0 Å². The summed E-state index contributed by atoms with van der Waals surface area (Å²) in [4.78, 5) is 2.77. The monoisotopic (exact) mass is 238 g/mol. The van der Waals surface area contributed by atoms with Crippen LogP contribution in [0.15, 0.2) is 0 Å². The number of hydrogen-bond donors (Lipinski definition) is 1. The van der Waals surface area contributed by atoms with Gasteiger partial charge in [0.05, 0.1) is 0 Å². The standard InChI is InChI=1S/C15H30N2/c1-3-16-12-15(9-5-6-10-15)13-17-11-7-4-8-14(17)2/h14,16H,3-13H2,1-2H3. The molecular formula is C15H30N2. The molecule has 0 radical (unpaired) electrons. The molecule has 0 spiro atoms. The average molecular weight is 238 g/mol. The van der Waals surface area contributed by atoms with Gasteiger partial charge in [-0.2, -0.15) is 0 Å². The molecule has 1 heterocycles. The lowest BCUT2D eigenvalue weighted by Gasteiger charge is -2.41. The Labute approximate surface area is 107 Å². The van der Waals surface area contributed by atoms with Crippen molar-refractivity contribution < 1.29 is 0 Å². The van der Waals surface area contributed by atoms with Crippen LogP contribution >= 0.6 is 0 Å². The Morgan fingerprint density at radius 2 is 1.94 bits per heavy atom. The predicted molar refractivity (Wildman–Crippen MR) is 74.3 cm³/mol. The van der Waals surface area contributed by atoms with Crippen molar-refractivity contribution in [3.05, 3.63) is 0 Å². The highest BCUT2D eigenvalue weighted by Gasteiger charge is 2.36. The maximum Gasteiger partial charge on any atom is 0.00671 e. The normalized spacial score (nSPS) is 29.6. The van der Waals surface area contributed by atoms with Crippen LogP contribution in [0.2, 0.25) is 0 Å². The maximum absolute atomic E-state index is 3.61. The summed E-state index contributed by atoms with van der Waals surface area (Å²) in [6.07, 6.45) is 10.1. The molecule has 1 saturated carbocycles. The molecule has 0 aromatic rings. The third-order valence-corrected chi connectivity index (χ3v) is 4.89. The zero-order chi connectivity index (χ0) is 12.1. The van der Waals surface area contributed by atoms with Crippen molar-refractivity contribution in [2.24, 2.45) is 5.41 Å². The van der Waals surface area contributed by atoms with Crippen LogP contribution in [-0.4, -0.2) is 37.1 Å². The highest BCUT2D eigenvalue weighted by atomic mass is 15.2. The lowest BCUT2D eigenvalue weighted by atomic mass is 9.84. The topological polar surface area (TPSA) is 15.3 Å². The van der Waals surface area contributed by atoms with E-state index in [9.17, 15) is 0 Å². The number of hydrogen-bond acceptors (Lipinski definition) is 2. The third-order valence-electron chi connectivity index (χ3n) is 4.89. The first kappa shape index (κ1) is 13.4. The number of nitrogens with one attached hydrogen (secondary N) is 1. The predicted octanol–water partition coefficient (Wildman–Crippen LogP) is 3.03. The van der Waals surface area contributed by atoms with Crippen LogP contribution in [-0.2, 0) is 0 Å². The molecule has 1 saturated heterocycles. The van der Waals surface area contributed by atoms with E-state index in [1.54, 1.807) is 0 Å². The molecule has 2 heteroatoms. The second kappa shape index (κ2) is 6.19. The van der Waals surface area contributed by atoms with Gasteiger partial charge < -0.3 is 10.2 Å². The smallest absolute Gasteiger partial charge is 0.00671 e. The molecular weight excluding hydrogens is 208 g/mol. The number of likely N-dealkylation sites (tertiary alicyclic amines) is 1. The first-order valence-electron chi connectivity index (χ1n) is 7.70. The fourth-order valence-corrected chi connectivity index (χ4v) is 3.73. The van der Waals surface area contributed by atoms with Crippen LogP contribution in [0, 0.1) is 5.41 Å². The molecule has 1 unspecified atom stereocenters. The van der Waals surface area contributed by atoms with Gasteiger partial charge >= 0.3 is 0 Å². The van der Waals surface area contributed by atoms with Crippen LogP contribution < -0.4 is 5.32 Å². The molecule has 1 N–H and O–H groups in total. The first-order valence-corrected chi connectivity index (χ1v) is 7.70. The van der Waals surface area contributed by atoms with Gasteiger partial charge in [-0.1, -0.05) is 26.2 Å². The van der Waals surface area contributed by atoms with E-state index in [1.165, 1.54) is 64.6 Å². The second-order valence-electron chi connectivity index (χ2n) is 6.30. The SMILES string of the molecule is CCNCC1(CN2CCCCC2C)CCCC1. The van der Waals surface area contributed by atoms with Crippen molar-refractivity contribution in [2.45, 2.75) is 64.8 Å². The molecule has 2 nitrogen and oxygen atoms in total. The van der Waals surface area contributed by atoms with Crippen molar-refractivity contribution in [3.63, 3.8) is 0 Å². The van der Waals surface area contributed by atoms with Gasteiger partial charge in [-0.05, 0) is 51.1 Å². The van der Waals surface area contributed by atoms with Gasteiger partial charge in [0.1, 0.15) is 0 Å². The van der Waals surface area contributed by atoms with Gasteiger partial charge in [-0.15, -0.1) is 0 Å². The van der Waals surface area contributed by atoms with Gasteiger partial charge in [-0.3, -0.25) is 0 Å². The van der Waals surface area contributed by atoms with Crippen LogP contribution in [0.5, 0.6) is 0 Å². The summed E-state index contributed by atoms with van der Waals surface area (Å²) in [6, 6.07) is 0.822. The van der Waals surface area contributed by atoms with Gasteiger partial charge in [0.2, 0.25) is 0 Å². The number of rotatable bonds is 5. The minimum atomic E-state index is 0.599. The molecule has 0 amide bonds.